The van der Waals surface area contributed by atoms with Crippen LogP contribution in [0.15, 0.2) is 12.2 Å². The number of hydrogen-bond acceptors (Lipinski definition) is 3. The number of likely N-dealkylation sites (tertiary alicyclic amines) is 1. The molecule has 140 valence electrons. The molecule has 4 fully saturated rings. The summed E-state index contributed by atoms with van der Waals surface area (Å²) in [6.45, 7) is 4.16. The molecule has 2 saturated carbocycles. The topological polar surface area (TPSA) is 29.5 Å². The number of carbonyl (C=O) groups excluding carboxylic acids is 1. The molecule has 2 aliphatic heterocycles. The van der Waals surface area contributed by atoms with Crippen LogP contribution in [0, 0.1) is 29.1 Å². The van der Waals surface area contributed by atoms with Gasteiger partial charge in [0.2, 0.25) is 0 Å². The number of hydrogen-bond donors (Lipinski definition) is 0. The van der Waals surface area contributed by atoms with E-state index in [1.807, 2.05) is 0 Å². The SMILES string of the molecule is CC[C@]12COC(=O)C1CC1CCCC[C@@H]1[C@H]2/C=C/C1CCCCN1C. The van der Waals surface area contributed by atoms with Crippen LogP contribution < -0.4 is 0 Å². The van der Waals surface area contributed by atoms with E-state index in [2.05, 4.69) is 31.0 Å². The van der Waals surface area contributed by atoms with Crippen LogP contribution in [0.5, 0.6) is 0 Å². The summed E-state index contributed by atoms with van der Waals surface area (Å²) in [7, 11) is 2.26. The number of allylic oxidation sites excluding steroid dienone is 1. The third-order valence-corrected chi connectivity index (χ3v) is 8.12. The third kappa shape index (κ3) is 2.97. The van der Waals surface area contributed by atoms with Gasteiger partial charge in [0.15, 0.2) is 0 Å². The Hall–Kier alpha value is -0.830. The van der Waals surface area contributed by atoms with Crippen molar-refractivity contribution in [2.24, 2.45) is 29.1 Å². The fraction of sp³-hybridized carbons (Fsp3) is 0.864. The van der Waals surface area contributed by atoms with Gasteiger partial charge in [-0.25, -0.2) is 0 Å². The van der Waals surface area contributed by atoms with Crippen molar-refractivity contribution in [2.45, 2.75) is 70.8 Å². The first-order valence-corrected chi connectivity index (χ1v) is 10.7. The van der Waals surface area contributed by atoms with Crippen molar-refractivity contribution in [3.63, 3.8) is 0 Å². The zero-order valence-corrected chi connectivity index (χ0v) is 16.1. The average molecular weight is 346 g/mol. The molecule has 25 heavy (non-hydrogen) atoms. The Morgan fingerprint density at radius 1 is 1.16 bits per heavy atom. The number of fused-ring (bicyclic) bond motifs is 2. The van der Waals surface area contributed by atoms with Crippen LogP contribution in [-0.4, -0.2) is 37.1 Å². The molecule has 2 aliphatic carbocycles. The van der Waals surface area contributed by atoms with E-state index in [1.165, 1.54) is 51.5 Å². The first-order valence-electron chi connectivity index (χ1n) is 10.7. The summed E-state index contributed by atoms with van der Waals surface area (Å²) in [5.41, 5.74) is 0.0688. The Morgan fingerprint density at radius 3 is 2.76 bits per heavy atom. The maximum atomic E-state index is 12.5. The van der Waals surface area contributed by atoms with Crippen LogP contribution in [0.2, 0.25) is 0 Å². The van der Waals surface area contributed by atoms with E-state index in [4.69, 9.17) is 4.74 Å². The Bertz CT molecular complexity index is 530. The van der Waals surface area contributed by atoms with Gasteiger partial charge in [0, 0.05) is 11.5 Å². The predicted molar refractivity (Wildman–Crippen MR) is 100 cm³/mol. The van der Waals surface area contributed by atoms with E-state index in [-0.39, 0.29) is 17.3 Å². The minimum atomic E-state index is 0.0688. The molecule has 4 rings (SSSR count). The van der Waals surface area contributed by atoms with Gasteiger partial charge >= 0.3 is 5.97 Å². The summed E-state index contributed by atoms with van der Waals surface area (Å²) in [5.74, 6) is 2.28. The van der Waals surface area contributed by atoms with Gasteiger partial charge in [-0.3, -0.25) is 9.69 Å². The second-order valence-corrected chi connectivity index (χ2v) is 9.15. The largest absolute Gasteiger partial charge is 0.465 e. The van der Waals surface area contributed by atoms with Gasteiger partial charge in [0.25, 0.3) is 0 Å². The van der Waals surface area contributed by atoms with Gasteiger partial charge in [-0.2, -0.15) is 0 Å². The van der Waals surface area contributed by atoms with E-state index in [0.717, 1.165) is 24.7 Å². The zero-order chi connectivity index (χ0) is 17.4. The molecule has 3 nitrogen and oxygen atoms in total. The number of likely N-dealkylation sites (N-methyl/N-ethyl adjacent to an activating group) is 1. The Balaban J connectivity index is 1.63. The lowest BCUT2D eigenvalue weighted by atomic mass is 9.51. The number of ether oxygens (including phenoxy) is 1. The maximum absolute atomic E-state index is 12.5. The molecule has 4 aliphatic rings. The normalized spacial score (nSPS) is 45.2. The second-order valence-electron chi connectivity index (χ2n) is 9.15. The van der Waals surface area contributed by atoms with Gasteiger partial charge in [-0.05, 0) is 63.5 Å². The van der Waals surface area contributed by atoms with Crippen molar-refractivity contribution in [1.82, 2.24) is 4.90 Å². The summed E-state index contributed by atoms with van der Waals surface area (Å²) in [6.07, 6.45) is 16.6. The first-order chi connectivity index (χ1) is 12.2. The third-order valence-electron chi connectivity index (χ3n) is 8.12. The smallest absolute Gasteiger partial charge is 0.309 e. The van der Waals surface area contributed by atoms with Crippen LogP contribution in [0.4, 0.5) is 0 Å². The number of rotatable bonds is 3. The molecule has 3 heteroatoms. The summed E-state index contributed by atoms with van der Waals surface area (Å²) in [5, 5.41) is 0. The molecule has 6 atom stereocenters. The van der Waals surface area contributed by atoms with Crippen molar-refractivity contribution in [1.29, 1.82) is 0 Å². The monoisotopic (exact) mass is 345 g/mol. The van der Waals surface area contributed by atoms with Gasteiger partial charge in [-0.15, -0.1) is 0 Å². The van der Waals surface area contributed by atoms with E-state index in [9.17, 15) is 4.79 Å². The number of nitrogens with zero attached hydrogens (tertiary/aromatic N) is 1. The molecule has 2 heterocycles. The summed E-state index contributed by atoms with van der Waals surface area (Å²) in [4.78, 5) is 15.0. The Kier molecular flexibility index (Phi) is 4.96. The molecule has 0 amide bonds. The lowest BCUT2D eigenvalue weighted by Crippen LogP contribution is -2.49. The highest BCUT2D eigenvalue weighted by atomic mass is 16.5. The summed E-state index contributed by atoms with van der Waals surface area (Å²) >= 11 is 0. The lowest BCUT2D eigenvalue weighted by Gasteiger charge is -2.51. The van der Waals surface area contributed by atoms with Crippen LogP contribution in [0.1, 0.15) is 64.7 Å². The average Bonchev–Trinajstić information content (AvgIpc) is 2.97. The van der Waals surface area contributed by atoms with Crippen LogP contribution in [-0.2, 0) is 9.53 Å². The number of carbonyl (C=O) groups is 1. The molecule has 0 aromatic heterocycles. The van der Waals surface area contributed by atoms with E-state index >= 15 is 0 Å². The van der Waals surface area contributed by atoms with E-state index in [0.29, 0.717) is 18.6 Å². The molecule has 0 aromatic rings. The summed E-state index contributed by atoms with van der Waals surface area (Å²) < 4.78 is 5.66. The molecule has 3 unspecified atom stereocenters. The number of piperidine rings is 1. The highest BCUT2D eigenvalue weighted by Gasteiger charge is 2.59. The van der Waals surface area contributed by atoms with Crippen LogP contribution in [0.3, 0.4) is 0 Å². The highest BCUT2D eigenvalue weighted by Crippen LogP contribution is 2.59. The van der Waals surface area contributed by atoms with Crippen molar-refractivity contribution in [3.8, 4) is 0 Å². The quantitative estimate of drug-likeness (QED) is 0.560. The van der Waals surface area contributed by atoms with Crippen molar-refractivity contribution in [2.75, 3.05) is 20.2 Å². The number of cyclic esters (lactones) is 1. The minimum Gasteiger partial charge on any atom is -0.465 e. The van der Waals surface area contributed by atoms with Crippen molar-refractivity contribution < 1.29 is 9.53 Å². The Labute approximate surface area is 153 Å². The van der Waals surface area contributed by atoms with E-state index in [1.54, 1.807) is 0 Å². The molecular weight excluding hydrogens is 310 g/mol. The van der Waals surface area contributed by atoms with Crippen molar-refractivity contribution >= 4 is 5.97 Å². The Morgan fingerprint density at radius 2 is 1.96 bits per heavy atom. The lowest BCUT2D eigenvalue weighted by molar-refractivity contribution is -0.143. The van der Waals surface area contributed by atoms with Gasteiger partial charge in [-0.1, -0.05) is 44.8 Å². The molecule has 0 N–H and O–H groups in total. The standard InChI is InChI=1S/C22H35NO2/c1-3-22-15-25-21(24)20(22)14-16-8-4-5-10-18(16)19(22)12-11-17-9-6-7-13-23(17)2/h11-12,16-20H,3-10,13-15H2,1-2H3/b12-11+/t16?,17?,18-,19+,20?,22+/m0/s1. The van der Waals surface area contributed by atoms with Crippen LogP contribution in [0.25, 0.3) is 0 Å². The molecular formula is C22H35NO2. The molecule has 0 radical (unpaired) electrons. The fourth-order valence-corrected chi connectivity index (χ4v) is 6.54. The number of esters is 1. The fourth-order valence-electron chi connectivity index (χ4n) is 6.54. The maximum Gasteiger partial charge on any atom is 0.309 e. The first kappa shape index (κ1) is 17.6. The molecule has 0 aromatic carbocycles. The molecule has 2 saturated heterocycles. The molecule has 0 bridgehead atoms. The van der Waals surface area contributed by atoms with Gasteiger partial charge in [0.05, 0.1) is 12.5 Å². The zero-order valence-electron chi connectivity index (χ0n) is 16.1. The minimum absolute atomic E-state index is 0.0688. The summed E-state index contributed by atoms with van der Waals surface area (Å²) in [6, 6.07) is 0.586. The van der Waals surface area contributed by atoms with E-state index < -0.39 is 0 Å². The van der Waals surface area contributed by atoms with Crippen LogP contribution >= 0.6 is 0 Å². The second kappa shape index (κ2) is 7.06. The predicted octanol–water partition coefficient (Wildman–Crippen LogP) is 4.42. The highest BCUT2D eigenvalue weighted by molar-refractivity contribution is 5.76. The van der Waals surface area contributed by atoms with Gasteiger partial charge in [0.1, 0.15) is 0 Å². The molecule has 0 spiro atoms. The van der Waals surface area contributed by atoms with Gasteiger partial charge < -0.3 is 4.74 Å². The van der Waals surface area contributed by atoms with Crippen molar-refractivity contribution in [3.05, 3.63) is 12.2 Å².